The van der Waals surface area contributed by atoms with Crippen molar-refractivity contribution in [3.05, 3.63) is 59.7 Å². The van der Waals surface area contributed by atoms with Gasteiger partial charge in [0.2, 0.25) is 0 Å². The molecule has 0 aliphatic heterocycles. The van der Waals surface area contributed by atoms with Gasteiger partial charge in [0, 0.05) is 12.2 Å². The summed E-state index contributed by atoms with van der Waals surface area (Å²) >= 11 is 0. The fourth-order valence-corrected chi connectivity index (χ4v) is 1.96. The maximum Gasteiger partial charge on any atom is 0.253 e. The third-order valence-corrected chi connectivity index (χ3v) is 3.15. The van der Waals surface area contributed by atoms with Gasteiger partial charge in [-0.25, -0.2) is 4.39 Å². The van der Waals surface area contributed by atoms with Crippen LogP contribution in [0, 0.1) is 5.82 Å². The Labute approximate surface area is 122 Å². The molecule has 0 radical (unpaired) electrons. The molecule has 2 aromatic rings. The zero-order chi connectivity index (χ0) is 15.2. The van der Waals surface area contributed by atoms with Gasteiger partial charge in [0.25, 0.3) is 5.91 Å². The van der Waals surface area contributed by atoms with Gasteiger partial charge in [0.05, 0.1) is 11.8 Å². The van der Waals surface area contributed by atoms with Gasteiger partial charge in [0.1, 0.15) is 11.6 Å². The van der Waals surface area contributed by atoms with E-state index in [2.05, 4.69) is 10.3 Å². The van der Waals surface area contributed by atoms with Gasteiger partial charge < -0.3 is 10.4 Å². The summed E-state index contributed by atoms with van der Waals surface area (Å²) in [4.78, 5) is 15.6. The van der Waals surface area contributed by atoms with Gasteiger partial charge in [-0.05, 0) is 43.5 Å². The van der Waals surface area contributed by atoms with Crippen LogP contribution >= 0.6 is 0 Å². The Morgan fingerprint density at radius 1 is 1.33 bits per heavy atom. The quantitative estimate of drug-likeness (QED) is 0.889. The summed E-state index contributed by atoms with van der Waals surface area (Å²) in [6.45, 7) is 1.89. The lowest BCUT2D eigenvalue weighted by Gasteiger charge is -2.13. The number of phenolic OH excluding ortho intramolecular Hbond substituents is 1. The lowest BCUT2D eigenvalue weighted by atomic mass is 10.1. The van der Waals surface area contributed by atoms with Crippen molar-refractivity contribution >= 4 is 5.91 Å². The van der Waals surface area contributed by atoms with Crippen LogP contribution in [0.2, 0.25) is 0 Å². The Morgan fingerprint density at radius 2 is 2.05 bits per heavy atom. The molecule has 4 nitrogen and oxygen atoms in total. The molecule has 21 heavy (non-hydrogen) atoms. The maximum absolute atomic E-state index is 13.0. The smallest absolute Gasteiger partial charge is 0.253 e. The minimum atomic E-state index is -0.528. The summed E-state index contributed by atoms with van der Waals surface area (Å²) in [5.74, 6) is -0.627. The standard InChI is InChI=1S/C16H17FN2O2/c1-11(2-3-12-4-6-15(20)7-5-12)19-16(21)13-8-14(17)10-18-9-13/h4-11,20H,2-3H2,1H3,(H,19,21)/t11-/m0/s1. The number of carbonyl (C=O) groups excluding carboxylic acids is 1. The predicted octanol–water partition coefficient (Wildman–Crippen LogP) is 2.68. The van der Waals surface area contributed by atoms with Crippen molar-refractivity contribution in [2.24, 2.45) is 0 Å². The number of halogens is 1. The molecule has 0 aliphatic rings. The van der Waals surface area contributed by atoms with Gasteiger partial charge >= 0.3 is 0 Å². The molecule has 1 aromatic carbocycles. The summed E-state index contributed by atoms with van der Waals surface area (Å²) in [5, 5.41) is 12.0. The lowest BCUT2D eigenvalue weighted by Crippen LogP contribution is -2.33. The molecular weight excluding hydrogens is 271 g/mol. The molecule has 0 spiro atoms. The fraction of sp³-hybridized carbons (Fsp3) is 0.250. The minimum absolute atomic E-state index is 0.0467. The summed E-state index contributed by atoms with van der Waals surface area (Å²) < 4.78 is 13.0. The minimum Gasteiger partial charge on any atom is -0.508 e. The highest BCUT2D eigenvalue weighted by Crippen LogP contribution is 2.12. The van der Waals surface area contributed by atoms with Crippen LogP contribution in [-0.2, 0) is 6.42 Å². The van der Waals surface area contributed by atoms with E-state index in [1.165, 1.54) is 6.20 Å². The second kappa shape index (κ2) is 6.83. The van der Waals surface area contributed by atoms with Gasteiger partial charge in [-0.3, -0.25) is 9.78 Å². The Kier molecular flexibility index (Phi) is 4.87. The molecule has 0 saturated carbocycles. The second-order valence-electron chi connectivity index (χ2n) is 4.97. The van der Waals surface area contributed by atoms with Gasteiger partial charge in [-0.1, -0.05) is 12.1 Å². The van der Waals surface area contributed by atoms with Crippen molar-refractivity contribution in [3.8, 4) is 5.75 Å². The maximum atomic E-state index is 13.0. The van der Waals surface area contributed by atoms with Crippen LogP contribution in [-0.4, -0.2) is 22.0 Å². The second-order valence-corrected chi connectivity index (χ2v) is 4.97. The Morgan fingerprint density at radius 3 is 2.71 bits per heavy atom. The van der Waals surface area contributed by atoms with Crippen molar-refractivity contribution in [3.63, 3.8) is 0 Å². The molecule has 0 saturated heterocycles. The number of aromatic hydroxyl groups is 1. The van der Waals surface area contributed by atoms with Crippen LogP contribution in [0.4, 0.5) is 4.39 Å². The average Bonchev–Trinajstić information content (AvgIpc) is 2.46. The van der Waals surface area contributed by atoms with Gasteiger partial charge in [0.15, 0.2) is 0 Å². The van der Waals surface area contributed by atoms with Crippen LogP contribution in [0.5, 0.6) is 5.75 Å². The highest BCUT2D eigenvalue weighted by Gasteiger charge is 2.11. The Hall–Kier alpha value is -2.43. The molecule has 1 heterocycles. The van der Waals surface area contributed by atoms with E-state index in [1.54, 1.807) is 12.1 Å². The third kappa shape index (κ3) is 4.56. The number of aromatic nitrogens is 1. The van der Waals surface area contributed by atoms with Crippen molar-refractivity contribution in [1.29, 1.82) is 0 Å². The highest BCUT2D eigenvalue weighted by atomic mass is 19.1. The van der Waals surface area contributed by atoms with Crippen molar-refractivity contribution < 1.29 is 14.3 Å². The first-order valence-corrected chi connectivity index (χ1v) is 6.74. The number of amides is 1. The number of hydrogen-bond acceptors (Lipinski definition) is 3. The normalized spacial score (nSPS) is 11.9. The lowest BCUT2D eigenvalue weighted by molar-refractivity contribution is 0.0937. The van der Waals surface area contributed by atoms with Crippen LogP contribution in [0.15, 0.2) is 42.7 Å². The van der Waals surface area contributed by atoms with E-state index < -0.39 is 5.82 Å². The Balaban J connectivity index is 1.85. The number of rotatable bonds is 5. The SMILES string of the molecule is C[C@@H](CCc1ccc(O)cc1)NC(=O)c1cncc(F)c1. The van der Waals surface area contributed by atoms with E-state index >= 15 is 0 Å². The number of nitrogens with zero attached hydrogens (tertiary/aromatic N) is 1. The first-order chi connectivity index (χ1) is 10.0. The van der Waals surface area contributed by atoms with Crippen molar-refractivity contribution in [2.75, 3.05) is 0 Å². The zero-order valence-corrected chi connectivity index (χ0v) is 11.7. The largest absolute Gasteiger partial charge is 0.508 e. The van der Waals surface area contributed by atoms with E-state index in [0.29, 0.717) is 0 Å². The van der Waals surface area contributed by atoms with Crippen LogP contribution in [0.1, 0.15) is 29.3 Å². The number of aryl methyl sites for hydroxylation is 1. The van der Waals surface area contributed by atoms with Crippen LogP contribution in [0.3, 0.4) is 0 Å². The topological polar surface area (TPSA) is 62.2 Å². The first kappa shape index (κ1) is 15.0. The fourth-order valence-electron chi connectivity index (χ4n) is 1.96. The third-order valence-electron chi connectivity index (χ3n) is 3.15. The van der Waals surface area contributed by atoms with Crippen molar-refractivity contribution in [1.82, 2.24) is 10.3 Å². The number of nitrogens with one attached hydrogen (secondary N) is 1. The number of pyridine rings is 1. The zero-order valence-electron chi connectivity index (χ0n) is 11.7. The molecule has 2 N–H and O–H groups in total. The Bertz CT molecular complexity index is 614. The van der Waals surface area contributed by atoms with E-state index in [1.807, 2.05) is 19.1 Å². The predicted molar refractivity (Wildman–Crippen MR) is 77.6 cm³/mol. The first-order valence-electron chi connectivity index (χ1n) is 6.74. The average molecular weight is 288 g/mol. The molecule has 1 atom stereocenters. The number of hydrogen-bond donors (Lipinski definition) is 2. The van der Waals surface area contributed by atoms with E-state index in [4.69, 9.17) is 0 Å². The van der Waals surface area contributed by atoms with Crippen LogP contribution < -0.4 is 5.32 Å². The molecule has 2 rings (SSSR count). The molecule has 5 heteroatoms. The molecule has 1 amide bonds. The molecule has 0 bridgehead atoms. The van der Waals surface area contributed by atoms with Crippen molar-refractivity contribution in [2.45, 2.75) is 25.8 Å². The number of benzene rings is 1. The van der Waals surface area contributed by atoms with E-state index in [0.717, 1.165) is 30.7 Å². The summed E-state index contributed by atoms with van der Waals surface area (Å²) in [6, 6.07) is 8.08. The van der Waals surface area contributed by atoms with E-state index in [9.17, 15) is 14.3 Å². The van der Waals surface area contributed by atoms with Crippen LogP contribution in [0.25, 0.3) is 0 Å². The molecule has 0 aliphatic carbocycles. The van der Waals surface area contributed by atoms with Gasteiger partial charge in [-0.15, -0.1) is 0 Å². The molecule has 110 valence electrons. The number of phenols is 1. The highest BCUT2D eigenvalue weighted by molar-refractivity contribution is 5.94. The summed E-state index contributed by atoms with van der Waals surface area (Å²) in [6.07, 6.45) is 3.93. The van der Waals surface area contributed by atoms with Gasteiger partial charge in [-0.2, -0.15) is 0 Å². The summed E-state index contributed by atoms with van der Waals surface area (Å²) in [5.41, 5.74) is 1.30. The summed E-state index contributed by atoms with van der Waals surface area (Å²) in [7, 11) is 0. The molecule has 1 aromatic heterocycles. The molecule has 0 unspecified atom stereocenters. The van der Waals surface area contributed by atoms with E-state index in [-0.39, 0.29) is 23.3 Å². The number of carbonyl (C=O) groups is 1. The molecule has 0 fully saturated rings. The monoisotopic (exact) mass is 288 g/mol. The molecular formula is C16H17FN2O2.